The summed E-state index contributed by atoms with van der Waals surface area (Å²) in [5.41, 5.74) is 0.538. The first-order valence-corrected chi connectivity index (χ1v) is 6.10. The van der Waals surface area contributed by atoms with E-state index in [1.54, 1.807) is 24.3 Å². The highest BCUT2D eigenvalue weighted by Gasteiger charge is 2.24. The lowest BCUT2D eigenvalue weighted by Gasteiger charge is -2.21. The lowest BCUT2D eigenvalue weighted by molar-refractivity contribution is -0.146. The standard InChI is InChI=1S/C12H13ClN2O4/c13-8-1-3-9(4-2-8)14-12(17)15-11(16)10-7-18-5-6-19-10/h1-4,10H,5-7H2,(H2,14,15,16,17). The first-order chi connectivity index (χ1) is 9.15. The van der Waals surface area contributed by atoms with Crippen molar-refractivity contribution in [3.05, 3.63) is 29.3 Å². The van der Waals surface area contributed by atoms with Gasteiger partial charge < -0.3 is 14.8 Å². The van der Waals surface area contributed by atoms with Crippen molar-refractivity contribution in [3.63, 3.8) is 0 Å². The first-order valence-electron chi connectivity index (χ1n) is 5.72. The molecule has 0 aliphatic carbocycles. The zero-order chi connectivity index (χ0) is 13.7. The fraction of sp³-hybridized carbons (Fsp3) is 0.333. The van der Waals surface area contributed by atoms with Crippen molar-refractivity contribution in [2.75, 3.05) is 25.1 Å². The number of hydrogen-bond donors (Lipinski definition) is 2. The molecule has 1 atom stereocenters. The van der Waals surface area contributed by atoms with E-state index in [9.17, 15) is 9.59 Å². The van der Waals surface area contributed by atoms with E-state index in [2.05, 4.69) is 10.6 Å². The lowest BCUT2D eigenvalue weighted by atomic mass is 10.3. The van der Waals surface area contributed by atoms with Gasteiger partial charge in [0.25, 0.3) is 5.91 Å². The molecule has 0 aromatic heterocycles. The number of carbonyl (C=O) groups is 2. The zero-order valence-electron chi connectivity index (χ0n) is 10.0. The molecule has 0 radical (unpaired) electrons. The Kier molecular flexibility index (Phi) is 4.73. The smallest absolute Gasteiger partial charge is 0.325 e. The summed E-state index contributed by atoms with van der Waals surface area (Å²) < 4.78 is 10.3. The molecular weight excluding hydrogens is 272 g/mol. The van der Waals surface area contributed by atoms with Crippen LogP contribution in [0.2, 0.25) is 5.02 Å². The van der Waals surface area contributed by atoms with Crippen LogP contribution in [0.15, 0.2) is 24.3 Å². The van der Waals surface area contributed by atoms with Crippen molar-refractivity contribution in [2.45, 2.75) is 6.10 Å². The monoisotopic (exact) mass is 284 g/mol. The molecule has 3 amide bonds. The molecule has 1 aromatic rings. The van der Waals surface area contributed by atoms with Gasteiger partial charge in [0.05, 0.1) is 19.8 Å². The molecule has 1 fully saturated rings. The van der Waals surface area contributed by atoms with Gasteiger partial charge in [0.1, 0.15) is 0 Å². The lowest BCUT2D eigenvalue weighted by Crippen LogP contribution is -2.46. The van der Waals surface area contributed by atoms with E-state index in [-0.39, 0.29) is 6.61 Å². The Morgan fingerprint density at radius 1 is 1.21 bits per heavy atom. The Morgan fingerprint density at radius 2 is 1.95 bits per heavy atom. The quantitative estimate of drug-likeness (QED) is 0.861. The predicted molar refractivity (Wildman–Crippen MR) is 69.2 cm³/mol. The van der Waals surface area contributed by atoms with Crippen molar-refractivity contribution >= 4 is 29.2 Å². The number of hydrogen-bond acceptors (Lipinski definition) is 4. The number of rotatable bonds is 2. The SMILES string of the molecule is O=C(NC(=O)C1COCCO1)Nc1ccc(Cl)cc1. The van der Waals surface area contributed by atoms with Crippen molar-refractivity contribution in [1.82, 2.24) is 5.32 Å². The average Bonchev–Trinajstić information content (AvgIpc) is 2.42. The van der Waals surface area contributed by atoms with Gasteiger partial charge in [-0.15, -0.1) is 0 Å². The Hall–Kier alpha value is -1.63. The van der Waals surface area contributed by atoms with E-state index in [1.807, 2.05) is 0 Å². The van der Waals surface area contributed by atoms with Crippen LogP contribution in [0.1, 0.15) is 0 Å². The van der Waals surface area contributed by atoms with Crippen molar-refractivity contribution in [3.8, 4) is 0 Å². The molecule has 0 bridgehead atoms. The summed E-state index contributed by atoms with van der Waals surface area (Å²) in [5, 5.41) is 5.26. The molecule has 0 saturated carbocycles. The number of nitrogens with one attached hydrogen (secondary N) is 2. The third-order valence-electron chi connectivity index (χ3n) is 2.45. The summed E-state index contributed by atoms with van der Waals surface area (Å²) in [6.07, 6.45) is -0.746. The second-order valence-electron chi connectivity index (χ2n) is 3.88. The molecule has 2 N–H and O–H groups in total. The molecular formula is C12H13ClN2O4. The third-order valence-corrected chi connectivity index (χ3v) is 2.70. The summed E-state index contributed by atoms with van der Waals surface area (Å²) >= 11 is 5.72. The van der Waals surface area contributed by atoms with Crippen molar-refractivity contribution in [1.29, 1.82) is 0 Å². The van der Waals surface area contributed by atoms with Gasteiger partial charge in [-0.1, -0.05) is 11.6 Å². The van der Waals surface area contributed by atoms with Crippen LogP contribution in [0.3, 0.4) is 0 Å². The molecule has 1 saturated heterocycles. The Morgan fingerprint density at radius 3 is 2.58 bits per heavy atom. The van der Waals surface area contributed by atoms with Crippen molar-refractivity contribution in [2.24, 2.45) is 0 Å². The van der Waals surface area contributed by atoms with Gasteiger partial charge in [0.2, 0.25) is 0 Å². The van der Waals surface area contributed by atoms with E-state index < -0.39 is 18.0 Å². The van der Waals surface area contributed by atoms with E-state index in [1.165, 1.54) is 0 Å². The second kappa shape index (κ2) is 6.51. The topological polar surface area (TPSA) is 76.7 Å². The zero-order valence-corrected chi connectivity index (χ0v) is 10.8. The highest BCUT2D eigenvalue weighted by molar-refractivity contribution is 6.30. The Bertz CT molecular complexity index is 457. The van der Waals surface area contributed by atoms with Gasteiger partial charge in [0, 0.05) is 10.7 Å². The normalized spacial score (nSPS) is 18.7. The summed E-state index contributed by atoms with van der Waals surface area (Å²) in [5.74, 6) is -0.522. The fourth-order valence-corrected chi connectivity index (χ4v) is 1.65. The minimum Gasteiger partial charge on any atom is -0.376 e. The van der Waals surface area contributed by atoms with Crippen LogP contribution in [-0.2, 0) is 14.3 Å². The molecule has 1 aromatic carbocycles. The molecule has 0 spiro atoms. The number of amides is 3. The summed E-state index contributed by atoms with van der Waals surface area (Å²) in [4.78, 5) is 23.2. The molecule has 102 valence electrons. The number of anilines is 1. The van der Waals surface area contributed by atoms with Crippen LogP contribution in [0.4, 0.5) is 10.5 Å². The molecule has 7 heteroatoms. The van der Waals surface area contributed by atoms with E-state index in [4.69, 9.17) is 21.1 Å². The maximum absolute atomic E-state index is 11.7. The Balaban J connectivity index is 1.83. The Labute approximate surface area is 115 Å². The number of carbonyl (C=O) groups excluding carboxylic acids is 2. The predicted octanol–water partition coefficient (Wildman–Crippen LogP) is 1.40. The maximum Gasteiger partial charge on any atom is 0.325 e. The third kappa shape index (κ3) is 4.20. The van der Waals surface area contributed by atoms with Crippen LogP contribution >= 0.6 is 11.6 Å². The summed E-state index contributed by atoms with van der Waals surface area (Å²) in [6.45, 7) is 0.956. The summed E-state index contributed by atoms with van der Waals surface area (Å²) in [6, 6.07) is 5.91. The highest BCUT2D eigenvalue weighted by Crippen LogP contribution is 2.13. The molecule has 1 heterocycles. The van der Waals surface area contributed by atoms with Crippen LogP contribution in [0.5, 0.6) is 0 Å². The minimum atomic E-state index is -0.746. The van der Waals surface area contributed by atoms with Crippen LogP contribution in [0, 0.1) is 0 Å². The number of urea groups is 1. The highest BCUT2D eigenvalue weighted by atomic mass is 35.5. The molecule has 6 nitrogen and oxygen atoms in total. The van der Waals surface area contributed by atoms with E-state index >= 15 is 0 Å². The number of ether oxygens (including phenoxy) is 2. The first kappa shape index (κ1) is 13.8. The molecule has 2 rings (SSSR count). The largest absolute Gasteiger partial charge is 0.376 e. The van der Waals surface area contributed by atoms with Crippen LogP contribution < -0.4 is 10.6 Å². The van der Waals surface area contributed by atoms with Gasteiger partial charge in [-0.2, -0.15) is 0 Å². The van der Waals surface area contributed by atoms with Gasteiger partial charge in [0.15, 0.2) is 6.10 Å². The van der Waals surface area contributed by atoms with E-state index in [0.29, 0.717) is 23.9 Å². The van der Waals surface area contributed by atoms with Gasteiger partial charge in [-0.3, -0.25) is 10.1 Å². The number of imide groups is 1. The minimum absolute atomic E-state index is 0.153. The van der Waals surface area contributed by atoms with Gasteiger partial charge in [-0.25, -0.2) is 4.79 Å². The van der Waals surface area contributed by atoms with Gasteiger partial charge >= 0.3 is 6.03 Å². The van der Waals surface area contributed by atoms with Crippen molar-refractivity contribution < 1.29 is 19.1 Å². The van der Waals surface area contributed by atoms with Crippen LogP contribution in [0.25, 0.3) is 0 Å². The molecule has 1 aliphatic rings. The molecule has 19 heavy (non-hydrogen) atoms. The number of benzene rings is 1. The van der Waals surface area contributed by atoms with Gasteiger partial charge in [-0.05, 0) is 24.3 Å². The average molecular weight is 285 g/mol. The van der Waals surface area contributed by atoms with E-state index in [0.717, 1.165) is 0 Å². The van der Waals surface area contributed by atoms with Crippen LogP contribution in [-0.4, -0.2) is 37.9 Å². The molecule has 1 unspecified atom stereocenters. The fourth-order valence-electron chi connectivity index (χ4n) is 1.53. The summed E-state index contributed by atoms with van der Waals surface area (Å²) in [7, 11) is 0. The second-order valence-corrected chi connectivity index (χ2v) is 4.32. The maximum atomic E-state index is 11.7. The molecule has 1 aliphatic heterocycles. The number of halogens is 1.